The summed E-state index contributed by atoms with van der Waals surface area (Å²) in [6, 6.07) is 24.2. The molecule has 24 heteroatoms. The molecule has 21 nitrogen and oxygen atoms in total. The van der Waals surface area contributed by atoms with Crippen molar-refractivity contribution >= 4 is 55.6 Å². The van der Waals surface area contributed by atoms with Crippen molar-refractivity contribution in [3.63, 3.8) is 0 Å². The van der Waals surface area contributed by atoms with E-state index in [1.54, 1.807) is 18.8 Å². The Kier molecular flexibility index (Phi) is 47.3. The molecule has 0 unspecified atom stereocenters. The summed E-state index contributed by atoms with van der Waals surface area (Å²) in [5, 5.41) is 61.3. The summed E-state index contributed by atoms with van der Waals surface area (Å²) in [7, 11) is 4.61. The van der Waals surface area contributed by atoms with Crippen molar-refractivity contribution in [2.24, 2.45) is 21.7 Å². The van der Waals surface area contributed by atoms with E-state index < -0.39 is 29.5 Å². The molecule has 459 valence electrons. The summed E-state index contributed by atoms with van der Waals surface area (Å²) in [6.45, 7) is 40.3. The quantitative estimate of drug-likeness (QED) is 0.0601. The molecule has 78 heavy (non-hydrogen) atoms. The van der Waals surface area contributed by atoms with Crippen molar-refractivity contribution in [3.8, 4) is 0 Å². The van der Waals surface area contributed by atoms with Crippen LogP contribution in [0, 0.1) is 37.0 Å². The zero-order valence-corrected chi connectivity index (χ0v) is 54.9. The van der Waals surface area contributed by atoms with Crippen LogP contribution in [0.1, 0.15) is 164 Å². The van der Waals surface area contributed by atoms with E-state index in [0.717, 1.165) is 36.7 Å². The summed E-state index contributed by atoms with van der Waals surface area (Å²) in [4.78, 5) is 58.2. The Morgan fingerprint density at radius 2 is 0.603 bits per heavy atom. The molecule has 14 N–H and O–H groups in total. The first kappa shape index (κ1) is 89.7. The number of hydrogen-bond acceptors (Lipinski definition) is 9. The number of pyridine rings is 2. The van der Waals surface area contributed by atoms with Gasteiger partial charge < -0.3 is 75.5 Å². The van der Waals surface area contributed by atoms with Gasteiger partial charge in [0.05, 0.1) is 16.1 Å². The zero-order chi connectivity index (χ0) is 59.2. The fraction of sp³-hybridized carbons (Fsp3) is 0.593. The Hall–Kier alpha value is -4.91. The van der Waals surface area contributed by atoms with Crippen molar-refractivity contribution in [3.05, 3.63) is 119 Å². The third-order valence-corrected chi connectivity index (χ3v) is 8.69. The van der Waals surface area contributed by atoms with E-state index in [1.807, 2.05) is 116 Å². The number of nitrogens with zero attached hydrogens (tertiary/aromatic N) is 3. The molecule has 0 saturated heterocycles. The largest absolute Gasteiger partial charge is 0.693 e. The maximum Gasteiger partial charge on any atom is 0.0701 e. The molecule has 2 aromatic carbocycles. The summed E-state index contributed by atoms with van der Waals surface area (Å²) in [5.41, 5.74) is 1.33. The molecule has 4 rings (SSSR count). The van der Waals surface area contributed by atoms with Gasteiger partial charge in [0.2, 0.25) is 0 Å². The van der Waals surface area contributed by atoms with E-state index >= 15 is 0 Å². The summed E-state index contributed by atoms with van der Waals surface area (Å²) < 4.78 is 0. The van der Waals surface area contributed by atoms with Crippen LogP contribution < -0.4 is 21.3 Å². The third-order valence-electron chi connectivity index (χ3n) is 8.69. The number of fused-ring (bicyclic) bond motifs is 2. The van der Waals surface area contributed by atoms with Gasteiger partial charge in [-0.15, -0.1) is 0 Å². The predicted molar refractivity (Wildman–Crippen MR) is 313 cm³/mol. The van der Waals surface area contributed by atoms with Crippen LogP contribution in [0.5, 0.6) is 0 Å². The number of rotatable bonds is 8. The number of amides is 4. The Morgan fingerprint density at radius 3 is 0.756 bits per heavy atom. The third kappa shape index (κ3) is 61.9. The number of para-hydroxylation sites is 2. The van der Waals surface area contributed by atoms with Crippen LogP contribution in [-0.2, 0) is 39.8 Å². The molecule has 4 amide bonds. The molecular formula is C54H96ClN10O11Pt2-4. The van der Waals surface area contributed by atoms with Crippen LogP contribution in [0.15, 0.2) is 85.2 Å². The minimum absolute atomic E-state index is 0. The molecule has 0 fully saturated rings. The number of halogens is 1. The second kappa shape index (κ2) is 41.2. The maximum absolute atomic E-state index is 10.4. The molecule has 4 aromatic rings. The van der Waals surface area contributed by atoms with E-state index in [9.17, 15) is 19.2 Å². The number of aromatic nitrogens is 2. The molecular weight excluding hydrogens is 1390 g/mol. The van der Waals surface area contributed by atoms with E-state index in [4.69, 9.17) is 35.7 Å². The van der Waals surface area contributed by atoms with Gasteiger partial charge in [0.15, 0.2) is 0 Å². The van der Waals surface area contributed by atoms with E-state index in [-0.39, 0.29) is 83.3 Å². The van der Waals surface area contributed by atoms with Crippen molar-refractivity contribution < 1.29 is 84.5 Å². The maximum atomic E-state index is 10.4. The molecule has 0 atom stereocenters. The predicted octanol–water partition coefficient (Wildman–Crippen LogP) is 16.9. The number of carboxylic acid groups (broad SMARTS) is 4. The molecule has 0 aliphatic carbocycles. The summed E-state index contributed by atoms with van der Waals surface area (Å²) in [5.74, 6) is 0. The van der Waals surface area contributed by atoms with Gasteiger partial charge >= 0.3 is 52.6 Å². The molecule has 0 aliphatic heterocycles. The normalized spacial score (nSPS) is 10.8. The van der Waals surface area contributed by atoms with Crippen LogP contribution in [0.3, 0.4) is 0 Å². The van der Waals surface area contributed by atoms with E-state index in [1.165, 1.54) is 10.8 Å². The van der Waals surface area contributed by atoms with Crippen molar-refractivity contribution in [2.75, 3.05) is 0 Å². The van der Waals surface area contributed by atoms with Crippen LogP contribution in [-0.4, -0.2) is 82.0 Å². The van der Waals surface area contributed by atoms with Gasteiger partial charge in [-0.2, -0.15) is 0 Å². The average molecular weight is 1490 g/mol. The van der Waals surface area contributed by atoms with E-state index in [0.29, 0.717) is 0 Å². The van der Waals surface area contributed by atoms with Gasteiger partial charge in [0.1, 0.15) is 0 Å². The number of nitrogens with two attached hydrogens (primary N) is 3. The second-order valence-corrected chi connectivity index (χ2v) is 24.8. The summed E-state index contributed by atoms with van der Waals surface area (Å²) >= 11 is 1.61. The van der Waals surface area contributed by atoms with Crippen molar-refractivity contribution in [2.45, 2.75) is 186 Å². The van der Waals surface area contributed by atoms with Gasteiger partial charge in [0.25, 0.3) is 0 Å². The van der Waals surface area contributed by atoms with Gasteiger partial charge in [-0.1, -0.05) is 132 Å². The Balaban J connectivity index is -0.000000122. The smallest absolute Gasteiger partial charge is 0.0701 e. The molecule has 0 aliphatic rings. The van der Waals surface area contributed by atoms with Gasteiger partial charge in [0, 0.05) is 66.4 Å². The molecule has 2 aromatic heterocycles. The zero-order valence-electron chi connectivity index (χ0n) is 49.6. The van der Waals surface area contributed by atoms with Crippen LogP contribution in [0.25, 0.3) is 40.3 Å². The Labute approximate surface area is 495 Å². The number of benzene rings is 2. The minimum Gasteiger partial charge on any atom is -0.693 e. The second-order valence-electron chi connectivity index (χ2n) is 24.8. The van der Waals surface area contributed by atoms with Crippen molar-refractivity contribution in [1.82, 2.24) is 31.2 Å². The molecule has 2 heterocycles. The fourth-order valence-electron chi connectivity index (χ4n) is 8.67. The number of hydrogen-bond donors (Lipinski definition) is 8. The van der Waals surface area contributed by atoms with Gasteiger partial charge in [-0.25, -0.2) is 19.2 Å². The van der Waals surface area contributed by atoms with Gasteiger partial charge in [-0.05, 0) is 127 Å². The van der Waals surface area contributed by atoms with E-state index in [2.05, 4.69) is 148 Å². The molecule has 0 saturated carbocycles. The van der Waals surface area contributed by atoms with Crippen LogP contribution in [0.2, 0.25) is 0 Å². The monoisotopic (exact) mass is 1490 g/mol. The molecule has 0 radical (unpaired) electrons. The number of carbonyl (C=O) groups is 4. The first-order valence-electron chi connectivity index (χ1n) is 23.7. The van der Waals surface area contributed by atoms with Gasteiger partial charge in [-0.3, -0.25) is 9.97 Å². The topological polar surface area (TPSA) is 390 Å². The van der Waals surface area contributed by atoms with Crippen molar-refractivity contribution in [1.29, 1.82) is 0 Å². The summed E-state index contributed by atoms with van der Waals surface area (Å²) in [6.07, 6.45) is 3.10. The standard InChI is InChI=1S/4C9H19NO2.2C9H7N.ClH.NO3.3H2N.2Pt/c4*1-8(2,3)6-9(4,5)10-7(11)12;2*1-2-6-9-8(4-1)5-3-7-10-9;;2-1(3)4;;;;;/h4*10H,6H2,1-5H3,(H,11,12);2*1-7H;1H;;3*1H2;;/q;;;;;;;4*-1;;+1/p-1. The Morgan fingerprint density at radius 1 is 0.436 bits per heavy atom. The van der Waals surface area contributed by atoms with Crippen LogP contribution in [0.4, 0.5) is 19.2 Å². The fourth-order valence-corrected chi connectivity index (χ4v) is 8.67. The Bertz CT molecular complexity index is 1900. The molecule has 0 spiro atoms. The first-order valence-corrected chi connectivity index (χ1v) is 26.6. The molecule has 0 bridgehead atoms. The SMILES string of the molecule is CC(C)(C)CC(C)(C)NC(=O)O.CC(C)(C)CC(C)(C)NC(=O)O.CC(C)(C)CC(C)(C)NC(=O)O.CC(C)(C)CC(C)(C)NC(=O)O.O=[N+]([O-])[O-].[Cl][Pt].[NH2-].[NH2-].[NH2-].[Pt].c1ccc2ncccc2c1.c1ccc2ncccc2c1. The minimum atomic E-state index is -1.75. The average Bonchev–Trinajstić information content (AvgIpc) is 3.14. The number of nitrogens with one attached hydrogen (secondary N) is 4. The van der Waals surface area contributed by atoms with Crippen LogP contribution >= 0.6 is 9.42 Å². The first-order chi connectivity index (χ1) is 33.2.